The number of hydrogen-bond donors (Lipinski definition) is 1. The Kier molecular flexibility index (Phi) is 8.70. The number of sulfonamides is 1. The summed E-state index contributed by atoms with van der Waals surface area (Å²) in [5.74, 6) is 0.667. The number of carbonyl (C=O) groups excluding carboxylic acids is 1. The number of amides is 1. The third kappa shape index (κ3) is 6.73. The summed E-state index contributed by atoms with van der Waals surface area (Å²) >= 11 is 3.34. The van der Waals surface area contributed by atoms with Crippen LogP contribution in [0.1, 0.15) is 11.1 Å². The summed E-state index contributed by atoms with van der Waals surface area (Å²) < 4.78 is 39.9. The van der Waals surface area contributed by atoms with Crippen LogP contribution in [0.15, 0.2) is 106 Å². The smallest absolute Gasteiger partial charge is 0.264 e. The molecule has 0 fully saturated rings. The molecule has 4 aromatic carbocycles. The lowest BCUT2D eigenvalue weighted by atomic mass is 10.2. The summed E-state index contributed by atoms with van der Waals surface area (Å²) in [5.41, 5.74) is 2.92. The van der Waals surface area contributed by atoms with Crippen molar-refractivity contribution in [3.05, 3.63) is 113 Å². The van der Waals surface area contributed by atoms with E-state index in [1.165, 1.54) is 19.2 Å². The number of methoxy groups -OCH3 is 1. The standard InChI is InChI=1S/C29H27BrN2O5S/c1-21-8-12-24(13-9-21)32(38(34,35)26-16-17-28(36-2)27(30)18-26)19-29(33)31-23-10-14-25(15-11-23)37-20-22-6-4-3-5-7-22/h3-18H,19-20H2,1-2H3,(H,31,33). The molecule has 0 atom stereocenters. The van der Waals surface area contributed by atoms with Crippen LogP contribution in [-0.2, 0) is 21.4 Å². The molecule has 9 heteroatoms. The zero-order valence-electron chi connectivity index (χ0n) is 20.9. The molecule has 0 saturated carbocycles. The quantitative estimate of drug-likeness (QED) is 0.237. The Balaban J connectivity index is 1.50. The number of nitrogens with zero attached hydrogens (tertiary/aromatic N) is 1. The van der Waals surface area contributed by atoms with Crippen molar-refractivity contribution in [2.45, 2.75) is 18.4 Å². The highest BCUT2D eigenvalue weighted by atomic mass is 79.9. The fourth-order valence-corrected chi connectivity index (χ4v) is 5.81. The summed E-state index contributed by atoms with van der Waals surface area (Å²) in [6, 6.07) is 28.2. The minimum Gasteiger partial charge on any atom is -0.496 e. The summed E-state index contributed by atoms with van der Waals surface area (Å²) in [5, 5.41) is 2.78. The van der Waals surface area contributed by atoms with Crippen LogP contribution in [0.3, 0.4) is 0 Å². The maximum atomic E-state index is 13.7. The van der Waals surface area contributed by atoms with Gasteiger partial charge >= 0.3 is 0 Å². The number of carbonyl (C=O) groups is 1. The van der Waals surface area contributed by atoms with Gasteiger partial charge in [0, 0.05) is 5.69 Å². The van der Waals surface area contributed by atoms with Gasteiger partial charge < -0.3 is 14.8 Å². The van der Waals surface area contributed by atoms with Crippen LogP contribution in [0.4, 0.5) is 11.4 Å². The summed E-state index contributed by atoms with van der Waals surface area (Å²) in [6.45, 7) is 1.92. The first-order valence-electron chi connectivity index (χ1n) is 11.8. The van der Waals surface area contributed by atoms with E-state index in [1.54, 1.807) is 54.6 Å². The lowest BCUT2D eigenvalue weighted by Gasteiger charge is -2.24. The third-order valence-corrected chi connectivity index (χ3v) is 8.10. The van der Waals surface area contributed by atoms with Crippen molar-refractivity contribution in [1.29, 1.82) is 0 Å². The SMILES string of the molecule is COc1ccc(S(=O)(=O)N(CC(=O)Nc2ccc(OCc3ccccc3)cc2)c2ccc(C)cc2)cc1Br. The van der Waals surface area contributed by atoms with E-state index in [-0.39, 0.29) is 4.90 Å². The van der Waals surface area contributed by atoms with Gasteiger partial charge in [-0.05, 0) is 83.0 Å². The first-order valence-corrected chi connectivity index (χ1v) is 14.0. The summed E-state index contributed by atoms with van der Waals surface area (Å²) in [7, 11) is -2.58. The second kappa shape index (κ2) is 12.1. The van der Waals surface area contributed by atoms with Gasteiger partial charge in [-0.15, -0.1) is 0 Å². The Labute approximate surface area is 231 Å². The largest absolute Gasteiger partial charge is 0.496 e. The van der Waals surface area contributed by atoms with E-state index in [9.17, 15) is 13.2 Å². The van der Waals surface area contributed by atoms with Crippen molar-refractivity contribution < 1.29 is 22.7 Å². The molecule has 0 bridgehead atoms. The molecule has 38 heavy (non-hydrogen) atoms. The number of benzene rings is 4. The highest BCUT2D eigenvalue weighted by Crippen LogP contribution is 2.31. The normalized spacial score (nSPS) is 11.0. The molecule has 0 aliphatic carbocycles. The van der Waals surface area contributed by atoms with Crippen LogP contribution in [-0.4, -0.2) is 28.0 Å². The molecule has 7 nitrogen and oxygen atoms in total. The molecule has 0 saturated heterocycles. The second-order valence-corrected chi connectivity index (χ2v) is 11.2. The molecule has 4 rings (SSSR count). The molecule has 1 amide bonds. The number of ether oxygens (including phenoxy) is 2. The van der Waals surface area contributed by atoms with E-state index >= 15 is 0 Å². The number of aryl methyl sites for hydroxylation is 1. The van der Waals surface area contributed by atoms with E-state index in [0.717, 1.165) is 15.4 Å². The Morgan fingerprint density at radius 2 is 1.61 bits per heavy atom. The molecule has 0 radical (unpaired) electrons. The monoisotopic (exact) mass is 594 g/mol. The van der Waals surface area contributed by atoms with Crippen molar-refractivity contribution in [2.75, 3.05) is 23.3 Å². The van der Waals surface area contributed by atoms with Gasteiger partial charge in [0.1, 0.15) is 24.7 Å². The number of anilines is 2. The Hall–Kier alpha value is -3.82. The molecule has 4 aromatic rings. The van der Waals surface area contributed by atoms with Crippen LogP contribution >= 0.6 is 15.9 Å². The lowest BCUT2D eigenvalue weighted by Crippen LogP contribution is -2.38. The fourth-order valence-electron chi connectivity index (χ4n) is 3.67. The van der Waals surface area contributed by atoms with Crippen LogP contribution < -0.4 is 19.1 Å². The minimum absolute atomic E-state index is 0.0264. The molecule has 196 valence electrons. The molecule has 0 aromatic heterocycles. The zero-order chi connectivity index (χ0) is 27.1. The fraction of sp³-hybridized carbons (Fsp3) is 0.138. The van der Waals surface area contributed by atoms with Crippen LogP contribution in [0, 0.1) is 6.92 Å². The predicted molar refractivity (Wildman–Crippen MR) is 152 cm³/mol. The average molecular weight is 596 g/mol. The van der Waals surface area contributed by atoms with Crippen LogP contribution in [0.25, 0.3) is 0 Å². The van der Waals surface area contributed by atoms with E-state index in [1.807, 2.05) is 37.3 Å². The van der Waals surface area contributed by atoms with Gasteiger partial charge in [-0.2, -0.15) is 0 Å². The minimum atomic E-state index is -4.08. The molecule has 0 aliphatic rings. The number of hydrogen-bond acceptors (Lipinski definition) is 5. The zero-order valence-corrected chi connectivity index (χ0v) is 23.3. The van der Waals surface area contributed by atoms with Crippen molar-refractivity contribution in [3.63, 3.8) is 0 Å². The predicted octanol–water partition coefficient (Wildman–Crippen LogP) is 6.18. The Morgan fingerprint density at radius 3 is 2.24 bits per heavy atom. The van der Waals surface area contributed by atoms with Gasteiger partial charge in [-0.1, -0.05) is 48.0 Å². The Morgan fingerprint density at radius 1 is 0.921 bits per heavy atom. The molecule has 0 aliphatic heterocycles. The summed E-state index contributed by atoms with van der Waals surface area (Å²) in [6.07, 6.45) is 0. The van der Waals surface area contributed by atoms with Gasteiger partial charge in [0.25, 0.3) is 10.0 Å². The first kappa shape index (κ1) is 27.2. The molecular formula is C29H27BrN2O5S. The highest BCUT2D eigenvalue weighted by Gasteiger charge is 2.28. The van der Waals surface area contributed by atoms with Gasteiger partial charge in [0.2, 0.25) is 5.91 Å². The lowest BCUT2D eigenvalue weighted by molar-refractivity contribution is -0.114. The van der Waals surface area contributed by atoms with E-state index in [0.29, 0.717) is 34.0 Å². The van der Waals surface area contributed by atoms with Gasteiger partial charge in [0.05, 0.1) is 22.2 Å². The maximum Gasteiger partial charge on any atom is 0.264 e. The van der Waals surface area contributed by atoms with Crippen molar-refractivity contribution >= 4 is 43.2 Å². The topological polar surface area (TPSA) is 84.9 Å². The maximum absolute atomic E-state index is 13.7. The van der Waals surface area contributed by atoms with E-state index in [4.69, 9.17) is 9.47 Å². The van der Waals surface area contributed by atoms with Gasteiger partial charge in [-0.3, -0.25) is 9.10 Å². The van der Waals surface area contributed by atoms with Crippen molar-refractivity contribution in [1.82, 2.24) is 0 Å². The summed E-state index contributed by atoms with van der Waals surface area (Å²) in [4.78, 5) is 13.1. The van der Waals surface area contributed by atoms with Gasteiger partial charge in [0.15, 0.2) is 0 Å². The molecule has 0 unspecified atom stereocenters. The first-order chi connectivity index (χ1) is 18.3. The Bertz CT molecular complexity index is 1490. The molecular weight excluding hydrogens is 568 g/mol. The van der Waals surface area contributed by atoms with Crippen LogP contribution in [0.5, 0.6) is 11.5 Å². The number of nitrogens with one attached hydrogen (secondary N) is 1. The molecule has 0 spiro atoms. The second-order valence-electron chi connectivity index (χ2n) is 8.49. The number of rotatable bonds is 10. The third-order valence-electron chi connectivity index (χ3n) is 5.71. The number of halogens is 1. The highest BCUT2D eigenvalue weighted by molar-refractivity contribution is 9.10. The molecule has 1 N–H and O–H groups in total. The van der Waals surface area contributed by atoms with E-state index in [2.05, 4.69) is 21.2 Å². The van der Waals surface area contributed by atoms with Crippen LogP contribution in [0.2, 0.25) is 0 Å². The van der Waals surface area contributed by atoms with E-state index < -0.39 is 22.5 Å². The molecule has 0 heterocycles. The van der Waals surface area contributed by atoms with Crippen molar-refractivity contribution in [2.24, 2.45) is 0 Å². The average Bonchev–Trinajstić information content (AvgIpc) is 2.92. The van der Waals surface area contributed by atoms with Crippen molar-refractivity contribution in [3.8, 4) is 11.5 Å². The van der Waals surface area contributed by atoms with Gasteiger partial charge in [-0.25, -0.2) is 8.42 Å².